The first-order chi connectivity index (χ1) is 8.36. The van der Waals surface area contributed by atoms with Gasteiger partial charge in [-0.15, -0.1) is 0 Å². The quantitative estimate of drug-likeness (QED) is 0.760. The first-order valence-corrected chi connectivity index (χ1v) is 7.25. The molecule has 0 saturated carbocycles. The molecule has 0 radical (unpaired) electrons. The summed E-state index contributed by atoms with van der Waals surface area (Å²) in [5.74, 6) is 0. The van der Waals surface area contributed by atoms with Gasteiger partial charge in [0, 0.05) is 19.2 Å². The molecule has 1 aliphatic heterocycles. The number of hydrogen-bond donors (Lipinski definition) is 1. The zero-order chi connectivity index (χ0) is 11.9. The van der Waals surface area contributed by atoms with Crippen LogP contribution in [0.3, 0.4) is 0 Å². The van der Waals surface area contributed by atoms with Crippen molar-refractivity contribution in [3.05, 3.63) is 22.4 Å². The molecule has 3 nitrogen and oxygen atoms in total. The molecule has 1 N–H and O–H groups in total. The lowest BCUT2D eigenvalue weighted by Gasteiger charge is -2.14. The third-order valence-corrected chi connectivity index (χ3v) is 3.77. The highest BCUT2D eigenvalue weighted by atomic mass is 32.1. The van der Waals surface area contributed by atoms with Gasteiger partial charge in [0.1, 0.15) is 0 Å². The average Bonchev–Trinajstić information content (AvgIpc) is 3.01. The lowest BCUT2D eigenvalue weighted by molar-refractivity contribution is 0.0179. The number of rotatable bonds is 7. The van der Waals surface area contributed by atoms with E-state index in [9.17, 15) is 0 Å². The maximum atomic E-state index is 5.60. The molecule has 1 fully saturated rings. The second-order valence-electron chi connectivity index (χ2n) is 4.44. The second-order valence-corrected chi connectivity index (χ2v) is 5.22. The molecule has 2 atom stereocenters. The summed E-state index contributed by atoms with van der Waals surface area (Å²) in [6.45, 7) is 5.48. The van der Waals surface area contributed by atoms with E-state index in [1.54, 1.807) is 11.3 Å². The highest BCUT2D eigenvalue weighted by molar-refractivity contribution is 7.07. The number of nitrogens with one attached hydrogen (secondary N) is 1. The van der Waals surface area contributed by atoms with Gasteiger partial charge in [-0.05, 0) is 42.2 Å². The summed E-state index contributed by atoms with van der Waals surface area (Å²) in [4.78, 5) is 0. The highest BCUT2D eigenvalue weighted by Gasteiger charge is 2.15. The summed E-state index contributed by atoms with van der Waals surface area (Å²) in [5, 5.41) is 7.75. The third-order valence-electron chi connectivity index (χ3n) is 3.07. The summed E-state index contributed by atoms with van der Waals surface area (Å²) in [6, 6.07) is 2.57. The van der Waals surface area contributed by atoms with E-state index in [1.807, 2.05) is 0 Å². The van der Waals surface area contributed by atoms with E-state index in [2.05, 4.69) is 29.1 Å². The van der Waals surface area contributed by atoms with E-state index in [4.69, 9.17) is 9.47 Å². The molecule has 0 unspecified atom stereocenters. The van der Waals surface area contributed by atoms with E-state index in [0.717, 1.165) is 32.8 Å². The Balaban J connectivity index is 1.51. The van der Waals surface area contributed by atoms with Crippen LogP contribution in [0.5, 0.6) is 0 Å². The Kier molecular flexibility index (Phi) is 5.45. The molecule has 0 aliphatic carbocycles. The van der Waals surface area contributed by atoms with Crippen LogP contribution in [-0.2, 0) is 9.47 Å². The lowest BCUT2D eigenvalue weighted by atomic mass is 10.2. The van der Waals surface area contributed by atoms with Gasteiger partial charge in [0.15, 0.2) is 0 Å². The van der Waals surface area contributed by atoms with Crippen LogP contribution in [-0.4, -0.2) is 32.5 Å². The second kappa shape index (κ2) is 7.11. The molecule has 2 rings (SSSR count). The van der Waals surface area contributed by atoms with Crippen LogP contribution in [0.1, 0.15) is 31.4 Å². The first-order valence-electron chi connectivity index (χ1n) is 6.31. The van der Waals surface area contributed by atoms with Crippen LogP contribution in [0.2, 0.25) is 0 Å². The fraction of sp³-hybridized carbons (Fsp3) is 0.692. The first kappa shape index (κ1) is 13.0. The van der Waals surface area contributed by atoms with Gasteiger partial charge in [-0.1, -0.05) is 0 Å². The molecule has 2 heterocycles. The molecule has 4 heteroatoms. The van der Waals surface area contributed by atoms with Crippen molar-refractivity contribution in [3.63, 3.8) is 0 Å². The van der Waals surface area contributed by atoms with Crippen molar-refractivity contribution in [1.82, 2.24) is 5.32 Å². The van der Waals surface area contributed by atoms with Gasteiger partial charge in [-0.25, -0.2) is 0 Å². The van der Waals surface area contributed by atoms with Gasteiger partial charge in [0.25, 0.3) is 0 Å². The molecule has 0 spiro atoms. The fourth-order valence-corrected chi connectivity index (χ4v) is 2.73. The van der Waals surface area contributed by atoms with Crippen molar-refractivity contribution in [2.45, 2.75) is 31.9 Å². The molecule has 1 aliphatic rings. The monoisotopic (exact) mass is 255 g/mol. The fourth-order valence-electron chi connectivity index (χ4n) is 1.98. The molecule has 1 saturated heterocycles. The summed E-state index contributed by atoms with van der Waals surface area (Å²) < 4.78 is 11.1. The minimum Gasteiger partial charge on any atom is -0.377 e. The molecular formula is C13H21NO2S. The van der Waals surface area contributed by atoms with Gasteiger partial charge in [-0.2, -0.15) is 11.3 Å². The maximum absolute atomic E-state index is 5.60. The molecule has 0 bridgehead atoms. The summed E-state index contributed by atoms with van der Waals surface area (Å²) in [5.41, 5.74) is 1.36. The van der Waals surface area contributed by atoms with Crippen LogP contribution < -0.4 is 5.32 Å². The van der Waals surface area contributed by atoms with Crippen molar-refractivity contribution < 1.29 is 9.47 Å². The smallest absolute Gasteiger partial charge is 0.0809 e. The zero-order valence-electron chi connectivity index (χ0n) is 10.4. The topological polar surface area (TPSA) is 30.5 Å². The third kappa shape index (κ3) is 4.39. The molecular weight excluding hydrogens is 234 g/mol. The lowest BCUT2D eigenvalue weighted by Crippen LogP contribution is -2.24. The summed E-state index contributed by atoms with van der Waals surface area (Å²) in [7, 11) is 0. The SMILES string of the molecule is C[C@@H](NCCOC[C@@H]1CCCO1)c1ccsc1. The van der Waals surface area contributed by atoms with Crippen molar-refractivity contribution >= 4 is 11.3 Å². The Morgan fingerprint density at radius 3 is 3.29 bits per heavy atom. The molecule has 17 heavy (non-hydrogen) atoms. The average molecular weight is 255 g/mol. The Bertz CT molecular complexity index is 296. The molecule has 96 valence electrons. The van der Waals surface area contributed by atoms with E-state index in [1.165, 1.54) is 12.0 Å². The Labute approximate surface area is 107 Å². The molecule has 1 aromatic heterocycles. The van der Waals surface area contributed by atoms with E-state index >= 15 is 0 Å². The van der Waals surface area contributed by atoms with Gasteiger partial charge in [0.05, 0.1) is 19.3 Å². The van der Waals surface area contributed by atoms with Gasteiger partial charge >= 0.3 is 0 Å². The maximum Gasteiger partial charge on any atom is 0.0809 e. The molecule has 0 amide bonds. The van der Waals surface area contributed by atoms with Crippen LogP contribution >= 0.6 is 11.3 Å². The standard InChI is InChI=1S/C13H21NO2S/c1-11(12-4-8-17-10-12)14-5-7-15-9-13-3-2-6-16-13/h4,8,10-11,13-14H,2-3,5-7,9H2,1H3/t11-,13+/m1/s1. The number of ether oxygens (including phenoxy) is 2. The minimum absolute atomic E-state index is 0.337. The normalized spacial score (nSPS) is 21.8. The van der Waals surface area contributed by atoms with Crippen molar-refractivity contribution in [3.8, 4) is 0 Å². The number of thiophene rings is 1. The highest BCUT2D eigenvalue weighted by Crippen LogP contribution is 2.15. The van der Waals surface area contributed by atoms with Crippen molar-refractivity contribution in [2.75, 3.05) is 26.4 Å². The molecule has 0 aromatic carbocycles. The largest absolute Gasteiger partial charge is 0.377 e. The van der Waals surface area contributed by atoms with E-state index in [-0.39, 0.29) is 0 Å². The van der Waals surface area contributed by atoms with Crippen LogP contribution in [0, 0.1) is 0 Å². The van der Waals surface area contributed by atoms with Crippen molar-refractivity contribution in [1.29, 1.82) is 0 Å². The van der Waals surface area contributed by atoms with E-state index in [0.29, 0.717) is 12.1 Å². The predicted molar refractivity (Wildman–Crippen MR) is 70.5 cm³/mol. The summed E-state index contributed by atoms with van der Waals surface area (Å²) in [6.07, 6.45) is 2.67. The van der Waals surface area contributed by atoms with Crippen LogP contribution in [0.15, 0.2) is 16.8 Å². The van der Waals surface area contributed by atoms with Crippen LogP contribution in [0.4, 0.5) is 0 Å². The molecule has 1 aromatic rings. The zero-order valence-corrected chi connectivity index (χ0v) is 11.2. The van der Waals surface area contributed by atoms with Crippen molar-refractivity contribution in [2.24, 2.45) is 0 Å². The summed E-state index contributed by atoms with van der Waals surface area (Å²) >= 11 is 1.74. The Morgan fingerprint density at radius 2 is 2.59 bits per heavy atom. The van der Waals surface area contributed by atoms with Gasteiger partial charge in [0.2, 0.25) is 0 Å². The number of hydrogen-bond acceptors (Lipinski definition) is 4. The predicted octanol–water partition coefficient (Wildman–Crippen LogP) is 2.59. The Hall–Kier alpha value is -0.420. The minimum atomic E-state index is 0.337. The van der Waals surface area contributed by atoms with Gasteiger partial charge < -0.3 is 14.8 Å². The van der Waals surface area contributed by atoms with Crippen LogP contribution in [0.25, 0.3) is 0 Å². The Morgan fingerprint density at radius 1 is 1.65 bits per heavy atom. The van der Waals surface area contributed by atoms with E-state index < -0.39 is 0 Å². The van der Waals surface area contributed by atoms with Gasteiger partial charge in [-0.3, -0.25) is 0 Å².